The van der Waals surface area contributed by atoms with Crippen LogP contribution in [0.3, 0.4) is 0 Å². The van der Waals surface area contributed by atoms with Gasteiger partial charge in [0.1, 0.15) is 17.9 Å². The normalized spacial score (nSPS) is 10.8. The zero-order valence-electron chi connectivity index (χ0n) is 19.3. The second kappa shape index (κ2) is 10.9. The molecule has 0 unspecified atom stereocenters. The van der Waals surface area contributed by atoms with Crippen LogP contribution in [0, 0.1) is 11.3 Å². The Bertz CT molecular complexity index is 1420. The predicted molar refractivity (Wildman–Crippen MR) is 131 cm³/mol. The second-order valence-electron chi connectivity index (χ2n) is 7.41. The summed E-state index contributed by atoms with van der Waals surface area (Å²) in [7, 11) is 1.53. The molecule has 1 amide bonds. The van der Waals surface area contributed by atoms with Crippen molar-refractivity contribution in [3.8, 4) is 23.3 Å². The van der Waals surface area contributed by atoms with E-state index in [2.05, 4.69) is 16.6 Å². The number of amides is 1. The van der Waals surface area contributed by atoms with Gasteiger partial charge in [0.05, 0.1) is 31.6 Å². The highest BCUT2D eigenvalue weighted by Gasteiger charge is 2.12. The first-order chi connectivity index (χ1) is 17.1. The fourth-order valence-corrected chi connectivity index (χ4v) is 3.40. The minimum absolute atomic E-state index is 0.143. The van der Waals surface area contributed by atoms with E-state index < -0.39 is 5.91 Å². The van der Waals surface area contributed by atoms with Crippen LogP contribution in [0.1, 0.15) is 34.2 Å². The Kier molecular flexibility index (Phi) is 7.28. The van der Waals surface area contributed by atoms with Crippen LogP contribution in [0.15, 0.2) is 76.2 Å². The maximum absolute atomic E-state index is 12.4. The number of fused-ring (bicyclic) bond motifs is 1. The van der Waals surface area contributed by atoms with Crippen LogP contribution in [0.4, 0.5) is 0 Å². The van der Waals surface area contributed by atoms with Crippen molar-refractivity contribution in [2.45, 2.75) is 13.5 Å². The average Bonchev–Trinajstić information content (AvgIpc) is 3.32. The van der Waals surface area contributed by atoms with E-state index in [4.69, 9.17) is 18.6 Å². The van der Waals surface area contributed by atoms with E-state index in [9.17, 15) is 10.1 Å². The van der Waals surface area contributed by atoms with E-state index in [1.165, 1.54) is 13.3 Å². The van der Waals surface area contributed by atoms with Crippen molar-refractivity contribution in [2.75, 3.05) is 13.7 Å². The van der Waals surface area contributed by atoms with Gasteiger partial charge in [0.25, 0.3) is 0 Å². The number of hydrazone groups is 1. The third kappa shape index (κ3) is 5.60. The molecule has 3 aromatic carbocycles. The van der Waals surface area contributed by atoms with Gasteiger partial charge in [-0.3, -0.25) is 4.79 Å². The molecule has 0 saturated carbocycles. The van der Waals surface area contributed by atoms with Crippen LogP contribution in [-0.4, -0.2) is 25.8 Å². The number of methoxy groups -OCH3 is 1. The molecule has 35 heavy (non-hydrogen) atoms. The third-order valence-corrected chi connectivity index (χ3v) is 5.11. The van der Waals surface area contributed by atoms with Crippen molar-refractivity contribution in [3.63, 3.8) is 0 Å². The van der Waals surface area contributed by atoms with E-state index in [-0.39, 0.29) is 12.4 Å². The molecule has 8 nitrogen and oxygen atoms in total. The lowest BCUT2D eigenvalue weighted by atomic mass is 10.1. The predicted octanol–water partition coefficient (Wildman–Crippen LogP) is 5.05. The average molecular weight is 469 g/mol. The molecular formula is C27H23N3O5. The Morgan fingerprint density at radius 3 is 2.74 bits per heavy atom. The van der Waals surface area contributed by atoms with Crippen LogP contribution in [-0.2, 0) is 6.61 Å². The summed E-state index contributed by atoms with van der Waals surface area (Å²) in [4.78, 5) is 12.4. The smallest absolute Gasteiger partial charge is 0.307 e. The number of nitriles is 1. The zero-order valence-corrected chi connectivity index (χ0v) is 19.3. The first-order valence-corrected chi connectivity index (χ1v) is 10.9. The van der Waals surface area contributed by atoms with E-state index in [0.29, 0.717) is 40.6 Å². The van der Waals surface area contributed by atoms with Crippen molar-refractivity contribution < 1.29 is 23.4 Å². The van der Waals surface area contributed by atoms with Crippen molar-refractivity contribution in [3.05, 3.63) is 89.2 Å². The van der Waals surface area contributed by atoms with Gasteiger partial charge in [0.15, 0.2) is 17.3 Å². The number of carbonyl (C=O) groups excluding carboxylic acids is 1. The second-order valence-corrected chi connectivity index (χ2v) is 7.41. The summed E-state index contributed by atoms with van der Waals surface area (Å²) < 4.78 is 22.4. The van der Waals surface area contributed by atoms with Crippen LogP contribution in [0.2, 0.25) is 0 Å². The molecule has 176 valence electrons. The van der Waals surface area contributed by atoms with Gasteiger partial charge in [-0.05, 0) is 61.0 Å². The van der Waals surface area contributed by atoms with Crippen molar-refractivity contribution >= 4 is 23.1 Å². The Hall–Kier alpha value is -4.77. The number of benzene rings is 3. The third-order valence-electron chi connectivity index (χ3n) is 5.11. The van der Waals surface area contributed by atoms with Crippen molar-refractivity contribution in [1.29, 1.82) is 5.26 Å². The molecule has 8 heteroatoms. The van der Waals surface area contributed by atoms with Gasteiger partial charge in [0, 0.05) is 10.9 Å². The number of rotatable bonds is 9. The minimum atomic E-state index is -0.474. The van der Waals surface area contributed by atoms with Gasteiger partial charge in [-0.1, -0.05) is 18.2 Å². The number of nitrogens with zero attached hydrogens (tertiary/aromatic N) is 2. The maximum atomic E-state index is 12.4. The van der Waals surface area contributed by atoms with Gasteiger partial charge in [-0.15, -0.1) is 0 Å². The molecule has 0 radical (unpaired) electrons. The number of nitrogens with one attached hydrogen (secondary N) is 1. The number of hydrogen-bond acceptors (Lipinski definition) is 7. The van der Waals surface area contributed by atoms with Crippen LogP contribution >= 0.6 is 0 Å². The molecular weight excluding hydrogens is 446 g/mol. The summed E-state index contributed by atoms with van der Waals surface area (Å²) in [6, 6.07) is 21.7. The standard InChI is InChI=1S/C27H23N3O5/c1-3-33-22-9-11-23-21(13-22)14-26(35-23)27(31)30-29-16-18-8-10-24(25(12-18)32-2)34-17-20-7-5-4-6-19(20)15-28/h4-14,16H,3,17H2,1-2H3,(H,30,31)/b29-16+. The number of hydrogen-bond donors (Lipinski definition) is 1. The molecule has 1 aromatic heterocycles. The first kappa shape index (κ1) is 23.4. The SMILES string of the molecule is CCOc1ccc2oc(C(=O)N/N=C/c3ccc(OCc4ccccc4C#N)c(OC)c3)cc2c1. The van der Waals surface area contributed by atoms with Gasteiger partial charge in [0.2, 0.25) is 0 Å². The fourth-order valence-electron chi connectivity index (χ4n) is 3.40. The summed E-state index contributed by atoms with van der Waals surface area (Å²) in [6.07, 6.45) is 1.49. The van der Waals surface area contributed by atoms with E-state index in [1.807, 2.05) is 31.2 Å². The quantitative estimate of drug-likeness (QED) is 0.271. The van der Waals surface area contributed by atoms with Crippen LogP contribution in [0.25, 0.3) is 11.0 Å². The zero-order chi connectivity index (χ0) is 24.6. The molecule has 0 spiro atoms. The first-order valence-electron chi connectivity index (χ1n) is 10.9. The van der Waals surface area contributed by atoms with E-state index in [1.54, 1.807) is 42.5 Å². The molecule has 1 N–H and O–H groups in total. The van der Waals surface area contributed by atoms with Crippen molar-refractivity contribution in [2.24, 2.45) is 5.10 Å². The molecule has 0 fully saturated rings. The monoisotopic (exact) mass is 469 g/mol. The Labute approximate surface area is 202 Å². The van der Waals surface area contributed by atoms with Gasteiger partial charge >= 0.3 is 5.91 Å². The lowest BCUT2D eigenvalue weighted by Gasteiger charge is -2.12. The van der Waals surface area contributed by atoms with E-state index >= 15 is 0 Å². The molecule has 4 rings (SSSR count). The minimum Gasteiger partial charge on any atom is -0.494 e. The molecule has 0 aliphatic carbocycles. The number of ether oxygens (including phenoxy) is 3. The lowest BCUT2D eigenvalue weighted by Crippen LogP contribution is -2.16. The summed E-state index contributed by atoms with van der Waals surface area (Å²) in [5.74, 6) is 1.40. The molecule has 4 aromatic rings. The summed E-state index contributed by atoms with van der Waals surface area (Å²) in [5, 5.41) is 14.0. The highest BCUT2D eigenvalue weighted by molar-refractivity contribution is 5.96. The lowest BCUT2D eigenvalue weighted by molar-refractivity contribution is 0.0929. The summed E-state index contributed by atoms with van der Waals surface area (Å²) in [6.45, 7) is 2.69. The molecule has 0 aliphatic rings. The highest BCUT2D eigenvalue weighted by Crippen LogP contribution is 2.29. The molecule has 1 heterocycles. The fraction of sp³-hybridized carbons (Fsp3) is 0.148. The van der Waals surface area contributed by atoms with Crippen LogP contribution in [0.5, 0.6) is 17.2 Å². The summed E-state index contributed by atoms with van der Waals surface area (Å²) >= 11 is 0. The Morgan fingerprint density at radius 2 is 1.94 bits per heavy atom. The largest absolute Gasteiger partial charge is 0.494 e. The van der Waals surface area contributed by atoms with Crippen LogP contribution < -0.4 is 19.6 Å². The topological polar surface area (TPSA) is 106 Å². The Morgan fingerprint density at radius 1 is 1.09 bits per heavy atom. The molecule has 0 atom stereocenters. The number of furan rings is 1. The molecule has 0 saturated heterocycles. The van der Waals surface area contributed by atoms with E-state index in [0.717, 1.165) is 10.9 Å². The highest BCUT2D eigenvalue weighted by atomic mass is 16.5. The van der Waals surface area contributed by atoms with Gasteiger partial charge in [-0.2, -0.15) is 10.4 Å². The number of carbonyl (C=O) groups is 1. The molecule has 0 bridgehead atoms. The summed E-state index contributed by atoms with van der Waals surface area (Å²) in [5.41, 5.74) is 5.08. The van der Waals surface area contributed by atoms with Gasteiger partial charge in [-0.25, -0.2) is 5.43 Å². The van der Waals surface area contributed by atoms with Crippen molar-refractivity contribution in [1.82, 2.24) is 5.43 Å². The molecule has 0 aliphatic heterocycles. The Balaban J connectivity index is 1.40. The van der Waals surface area contributed by atoms with Gasteiger partial charge < -0.3 is 18.6 Å². The maximum Gasteiger partial charge on any atom is 0.307 e.